The van der Waals surface area contributed by atoms with Crippen molar-refractivity contribution in [3.8, 4) is 0 Å². The van der Waals surface area contributed by atoms with E-state index < -0.39 is 0 Å². The molecule has 1 rings (SSSR count). The normalized spacial score (nSPS) is 23.5. The van der Waals surface area contributed by atoms with E-state index in [1.54, 1.807) is 0 Å². The first-order valence-corrected chi connectivity index (χ1v) is 4.85. The highest BCUT2D eigenvalue weighted by Gasteiger charge is 2.15. The van der Waals surface area contributed by atoms with E-state index in [1.807, 2.05) is 7.11 Å². The van der Waals surface area contributed by atoms with Crippen LogP contribution >= 0.6 is 0 Å². The SMILES string of the molecule is COC(C)CC1CCCCC1. The molecule has 0 aliphatic heterocycles. The van der Waals surface area contributed by atoms with Gasteiger partial charge in [-0.05, 0) is 19.3 Å². The van der Waals surface area contributed by atoms with Crippen molar-refractivity contribution in [2.45, 2.75) is 51.6 Å². The highest BCUT2D eigenvalue weighted by Crippen LogP contribution is 2.27. The van der Waals surface area contributed by atoms with E-state index in [1.165, 1.54) is 38.5 Å². The summed E-state index contributed by atoms with van der Waals surface area (Å²) in [7, 11) is 1.81. The average Bonchev–Trinajstić information content (AvgIpc) is 2.06. The molecular weight excluding hydrogens is 136 g/mol. The van der Waals surface area contributed by atoms with E-state index in [4.69, 9.17) is 4.74 Å². The van der Waals surface area contributed by atoms with Crippen LogP contribution in [-0.4, -0.2) is 13.2 Å². The van der Waals surface area contributed by atoms with E-state index in [0.717, 1.165) is 5.92 Å². The number of ether oxygens (including phenoxy) is 1. The van der Waals surface area contributed by atoms with E-state index in [9.17, 15) is 0 Å². The maximum absolute atomic E-state index is 5.25. The Hall–Kier alpha value is -0.0400. The fraction of sp³-hybridized carbons (Fsp3) is 1.00. The van der Waals surface area contributed by atoms with Gasteiger partial charge in [0.15, 0.2) is 0 Å². The van der Waals surface area contributed by atoms with Crippen molar-refractivity contribution in [3.63, 3.8) is 0 Å². The van der Waals surface area contributed by atoms with Gasteiger partial charge in [0.1, 0.15) is 0 Å². The van der Waals surface area contributed by atoms with Crippen molar-refractivity contribution in [1.29, 1.82) is 0 Å². The molecule has 11 heavy (non-hydrogen) atoms. The molecule has 1 nitrogen and oxygen atoms in total. The van der Waals surface area contributed by atoms with Crippen LogP contribution in [0.1, 0.15) is 45.4 Å². The summed E-state index contributed by atoms with van der Waals surface area (Å²) in [6.07, 6.45) is 8.97. The molecule has 0 amide bonds. The standard InChI is InChI=1S/C10H20O/c1-9(11-2)8-10-6-4-3-5-7-10/h9-10H,3-8H2,1-2H3. The predicted octanol–water partition coefficient (Wildman–Crippen LogP) is 2.99. The van der Waals surface area contributed by atoms with Crippen LogP contribution in [0.3, 0.4) is 0 Å². The van der Waals surface area contributed by atoms with Crippen molar-refractivity contribution in [2.75, 3.05) is 7.11 Å². The van der Waals surface area contributed by atoms with E-state index in [2.05, 4.69) is 6.92 Å². The van der Waals surface area contributed by atoms with E-state index in [0.29, 0.717) is 6.10 Å². The largest absolute Gasteiger partial charge is 0.382 e. The topological polar surface area (TPSA) is 9.23 Å². The zero-order valence-electron chi connectivity index (χ0n) is 7.81. The zero-order chi connectivity index (χ0) is 8.10. The lowest BCUT2D eigenvalue weighted by Crippen LogP contribution is -2.14. The van der Waals surface area contributed by atoms with Gasteiger partial charge in [-0.25, -0.2) is 0 Å². The molecule has 0 aromatic heterocycles. The minimum absolute atomic E-state index is 0.470. The molecule has 1 saturated carbocycles. The Morgan fingerprint density at radius 2 is 1.91 bits per heavy atom. The molecule has 0 N–H and O–H groups in total. The maximum Gasteiger partial charge on any atom is 0.0545 e. The fourth-order valence-corrected chi connectivity index (χ4v) is 1.99. The van der Waals surface area contributed by atoms with E-state index >= 15 is 0 Å². The zero-order valence-corrected chi connectivity index (χ0v) is 7.81. The molecule has 1 heteroatoms. The number of methoxy groups -OCH3 is 1. The predicted molar refractivity (Wildman–Crippen MR) is 47.7 cm³/mol. The number of hydrogen-bond acceptors (Lipinski definition) is 1. The Morgan fingerprint density at radius 1 is 1.27 bits per heavy atom. The van der Waals surface area contributed by atoms with Crippen LogP contribution in [0.5, 0.6) is 0 Å². The van der Waals surface area contributed by atoms with Gasteiger partial charge in [-0.15, -0.1) is 0 Å². The lowest BCUT2D eigenvalue weighted by atomic mass is 9.86. The molecule has 0 aromatic rings. The van der Waals surface area contributed by atoms with Gasteiger partial charge in [0.05, 0.1) is 6.10 Å². The van der Waals surface area contributed by atoms with Crippen LogP contribution in [0.2, 0.25) is 0 Å². The van der Waals surface area contributed by atoms with Gasteiger partial charge in [0, 0.05) is 7.11 Å². The maximum atomic E-state index is 5.25. The van der Waals surface area contributed by atoms with Gasteiger partial charge < -0.3 is 4.74 Å². The summed E-state index contributed by atoms with van der Waals surface area (Å²) >= 11 is 0. The van der Waals surface area contributed by atoms with Crippen LogP contribution in [0.4, 0.5) is 0 Å². The first-order valence-electron chi connectivity index (χ1n) is 4.85. The first kappa shape index (κ1) is 9.05. The summed E-state index contributed by atoms with van der Waals surface area (Å²) in [6, 6.07) is 0. The molecule has 0 bridgehead atoms. The Morgan fingerprint density at radius 3 is 2.45 bits per heavy atom. The average molecular weight is 156 g/mol. The molecule has 0 heterocycles. The summed E-state index contributed by atoms with van der Waals surface area (Å²) in [5.41, 5.74) is 0. The van der Waals surface area contributed by atoms with Crippen molar-refractivity contribution in [1.82, 2.24) is 0 Å². The highest BCUT2D eigenvalue weighted by atomic mass is 16.5. The third kappa shape index (κ3) is 3.24. The Kier molecular flexibility index (Phi) is 3.92. The fourth-order valence-electron chi connectivity index (χ4n) is 1.99. The second-order valence-corrected chi connectivity index (χ2v) is 3.79. The molecule has 1 fully saturated rings. The van der Waals surface area contributed by atoms with Crippen LogP contribution in [-0.2, 0) is 4.74 Å². The van der Waals surface area contributed by atoms with Crippen LogP contribution in [0.25, 0.3) is 0 Å². The molecule has 1 aliphatic carbocycles. The summed E-state index contributed by atoms with van der Waals surface area (Å²) < 4.78 is 5.25. The first-order chi connectivity index (χ1) is 5.33. The summed E-state index contributed by atoms with van der Waals surface area (Å²) in [6.45, 7) is 2.18. The quantitative estimate of drug-likeness (QED) is 0.610. The molecule has 0 radical (unpaired) electrons. The molecule has 0 aromatic carbocycles. The summed E-state index contributed by atoms with van der Waals surface area (Å²) in [4.78, 5) is 0. The number of rotatable bonds is 3. The molecule has 1 aliphatic rings. The monoisotopic (exact) mass is 156 g/mol. The van der Waals surface area contributed by atoms with E-state index in [-0.39, 0.29) is 0 Å². The van der Waals surface area contributed by atoms with Crippen molar-refractivity contribution < 1.29 is 4.74 Å². The second-order valence-electron chi connectivity index (χ2n) is 3.79. The van der Waals surface area contributed by atoms with Crippen LogP contribution < -0.4 is 0 Å². The van der Waals surface area contributed by atoms with Gasteiger partial charge in [0.2, 0.25) is 0 Å². The third-order valence-corrected chi connectivity index (χ3v) is 2.79. The third-order valence-electron chi connectivity index (χ3n) is 2.79. The molecule has 1 unspecified atom stereocenters. The van der Waals surface area contributed by atoms with Gasteiger partial charge in [0.25, 0.3) is 0 Å². The Balaban J connectivity index is 2.13. The Labute approximate surface area is 70.1 Å². The van der Waals surface area contributed by atoms with Crippen LogP contribution in [0.15, 0.2) is 0 Å². The lowest BCUT2D eigenvalue weighted by molar-refractivity contribution is 0.0879. The minimum Gasteiger partial charge on any atom is -0.382 e. The van der Waals surface area contributed by atoms with Gasteiger partial charge in [-0.1, -0.05) is 32.1 Å². The lowest BCUT2D eigenvalue weighted by Gasteiger charge is -2.23. The second kappa shape index (κ2) is 4.76. The molecule has 0 saturated heterocycles. The summed E-state index contributed by atoms with van der Waals surface area (Å²) in [5, 5.41) is 0. The van der Waals surface area contributed by atoms with Gasteiger partial charge in [-0.3, -0.25) is 0 Å². The smallest absolute Gasteiger partial charge is 0.0545 e. The highest BCUT2D eigenvalue weighted by molar-refractivity contribution is 4.68. The van der Waals surface area contributed by atoms with Crippen molar-refractivity contribution in [3.05, 3.63) is 0 Å². The summed E-state index contributed by atoms with van der Waals surface area (Å²) in [5.74, 6) is 0.957. The van der Waals surface area contributed by atoms with Crippen molar-refractivity contribution in [2.24, 2.45) is 5.92 Å². The minimum atomic E-state index is 0.470. The molecule has 0 spiro atoms. The van der Waals surface area contributed by atoms with Crippen LogP contribution in [0, 0.1) is 5.92 Å². The Bertz CT molecular complexity index is 95.0. The molecule has 1 atom stereocenters. The number of hydrogen-bond donors (Lipinski definition) is 0. The molecular formula is C10H20O. The van der Waals surface area contributed by atoms with Gasteiger partial charge >= 0.3 is 0 Å². The molecule has 66 valence electrons. The van der Waals surface area contributed by atoms with Gasteiger partial charge in [-0.2, -0.15) is 0 Å². The van der Waals surface area contributed by atoms with Crippen molar-refractivity contribution >= 4 is 0 Å².